The molecule has 3 aromatic rings. The number of benzene rings is 2. The third-order valence-electron chi connectivity index (χ3n) is 5.12. The SMILES string of the molecule is CCO[C@](C)(C(=O)N(C)Cc1ccc(Cl)c(-c2nc(-c3ccccc3)nc(=O)[nH]2)c1)C(F)(F)F. The molecule has 7 nitrogen and oxygen atoms in total. The number of amides is 1. The summed E-state index contributed by atoms with van der Waals surface area (Å²) in [6.45, 7) is 1.64. The largest absolute Gasteiger partial charge is 0.426 e. The molecule has 180 valence electrons. The lowest BCUT2D eigenvalue weighted by molar-refractivity contribution is -0.264. The van der Waals surface area contributed by atoms with Gasteiger partial charge in [0.05, 0.1) is 5.02 Å². The van der Waals surface area contributed by atoms with Gasteiger partial charge in [0.1, 0.15) is 5.82 Å². The average Bonchev–Trinajstić information content (AvgIpc) is 2.79. The van der Waals surface area contributed by atoms with E-state index in [0.717, 1.165) is 4.90 Å². The molecule has 3 rings (SSSR count). The van der Waals surface area contributed by atoms with Crippen LogP contribution in [0.25, 0.3) is 22.8 Å². The number of aromatic nitrogens is 3. The van der Waals surface area contributed by atoms with Crippen LogP contribution in [0.2, 0.25) is 5.02 Å². The van der Waals surface area contributed by atoms with Gasteiger partial charge in [0.15, 0.2) is 5.82 Å². The van der Waals surface area contributed by atoms with Gasteiger partial charge in [-0.05, 0) is 31.5 Å². The van der Waals surface area contributed by atoms with Gasteiger partial charge in [0.2, 0.25) is 5.60 Å². The van der Waals surface area contributed by atoms with Gasteiger partial charge in [-0.2, -0.15) is 18.2 Å². The molecule has 2 aromatic carbocycles. The number of ether oxygens (including phenoxy) is 1. The van der Waals surface area contributed by atoms with E-state index in [1.807, 2.05) is 6.07 Å². The molecule has 0 fully saturated rings. The zero-order valence-corrected chi connectivity index (χ0v) is 19.4. The van der Waals surface area contributed by atoms with Gasteiger partial charge in [-0.15, -0.1) is 0 Å². The molecule has 0 saturated heterocycles. The van der Waals surface area contributed by atoms with Crippen LogP contribution >= 0.6 is 11.6 Å². The Kier molecular flexibility index (Phi) is 7.42. The van der Waals surface area contributed by atoms with Crippen molar-refractivity contribution in [3.8, 4) is 22.8 Å². The Morgan fingerprint density at radius 3 is 2.44 bits per heavy atom. The molecular formula is C23H22ClF3N4O3. The summed E-state index contributed by atoms with van der Waals surface area (Å²) in [5.74, 6) is -0.917. The van der Waals surface area contributed by atoms with Crippen LogP contribution in [0.1, 0.15) is 19.4 Å². The molecule has 11 heteroatoms. The summed E-state index contributed by atoms with van der Waals surface area (Å²) in [6, 6.07) is 13.5. The third kappa shape index (κ3) is 5.28. The average molecular weight is 495 g/mol. The second-order valence-electron chi connectivity index (χ2n) is 7.63. The second-order valence-corrected chi connectivity index (χ2v) is 8.04. The van der Waals surface area contributed by atoms with Crippen molar-refractivity contribution in [2.75, 3.05) is 13.7 Å². The molecule has 0 aliphatic carbocycles. The fraction of sp³-hybridized carbons (Fsp3) is 0.304. The molecule has 34 heavy (non-hydrogen) atoms. The Bertz CT molecular complexity index is 1230. The Labute approximate surface area is 198 Å². The monoisotopic (exact) mass is 494 g/mol. The summed E-state index contributed by atoms with van der Waals surface area (Å²) in [4.78, 5) is 36.5. The number of carbonyl (C=O) groups is 1. The van der Waals surface area contributed by atoms with E-state index in [1.54, 1.807) is 36.4 Å². The topological polar surface area (TPSA) is 88.2 Å². The number of carbonyl (C=O) groups excluding carboxylic acids is 1. The van der Waals surface area contributed by atoms with Crippen LogP contribution in [0.3, 0.4) is 0 Å². The molecule has 0 radical (unpaired) electrons. The minimum Gasteiger partial charge on any atom is -0.358 e. The van der Waals surface area contributed by atoms with E-state index in [9.17, 15) is 22.8 Å². The molecule has 0 aliphatic rings. The van der Waals surface area contributed by atoms with Crippen LogP contribution in [0.5, 0.6) is 0 Å². The first-order valence-corrected chi connectivity index (χ1v) is 10.6. The molecule has 1 atom stereocenters. The molecule has 0 spiro atoms. The lowest BCUT2D eigenvalue weighted by atomic mass is 10.0. The lowest BCUT2D eigenvalue weighted by Crippen LogP contribution is -2.56. The van der Waals surface area contributed by atoms with E-state index in [0.29, 0.717) is 23.6 Å². The van der Waals surface area contributed by atoms with Crippen LogP contribution < -0.4 is 5.69 Å². The Morgan fingerprint density at radius 1 is 1.15 bits per heavy atom. The van der Waals surface area contributed by atoms with E-state index < -0.39 is 23.4 Å². The first-order chi connectivity index (χ1) is 16.0. The zero-order valence-electron chi connectivity index (χ0n) is 18.6. The zero-order chi connectivity index (χ0) is 25.1. The number of hydrogen-bond acceptors (Lipinski definition) is 5. The number of halogens is 4. The van der Waals surface area contributed by atoms with E-state index >= 15 is 0 Å². The van der Waals surface area contributed by atoms with E-state index in [2.05, 4.69) is 15.0 Å². The number of H-pyrrole nitrogens is 1. The highest BCUT2D eigenvalue weighted by atomic mass is 35.5. The van der Waals surface area contributed by atoms with Crippen LogP contribution in [0.4, 0.5) is 13.2 Å². The van der Waals surface area contributed by atoms with Crippen molar-refractivity contribution in [3.05, 3.63) is 69.6 Å². The highest BCUT2D eigenvalue weighted by Gasteiger charge is 2.59. The number of rotatable bonds is 7. The van der Waals surface area contributed by atoms with Crippen molar-refractivity contribution in [3.63, 3.8) is 0 Å². The third-order valence-corrected chi connectivity index (χ3v) is 5.45. The number of hydrogen-bond donors (Lipinski definition) is 1. The number of alkyl halides is 3. The van der Waals surface area contributed by atoms with Crippen molar-refractivity contribution in [2.24, 2.45) is 0 Å². The molecule has 1 N–H and O–H groups in total. The predicted octanol–water partition coefficient (Wildman–Crippen LogP) is 4.47. The predicted molar refractivity (Wildman–Crippen MR) is 121 cm³/mol. The minimum atomic E-state index is -4.90. The van der Waals surface area contributed by atoms with Crippen LogP contribution in [-0.4, -0.2) is 51.2 Å². The summed E-state index contributed by atoms with van der Waals surface area (Å²) in [5.41, 5.74) is -2.20. The van der Waals surface area contributed by atoms with Crippen molar-refractivity contribution in [1.82, 2.24) is 19.9 Å². The first-order valence-electron chi connectivity index (χ1n) is 10.2. The summed E-state index contributed by atoms with van der Waals surface area (Å²) in [7, 11) is 1.25. The Hall–Kier alpha value is -3.24. The smallest absolute Gasteiger partial charge is 0.358 e. The number of nitrogens with one attached hydrogen (secondary N) is 1. The van der Waals surface area contributed by atoms with Gasteiger partial charge in [0, 0.05) is 31.3 Å². The highest BCUT2D eigenvalue weighted by molar-refractivity contribution is 6.33. The van der Waals surface area contributed by atoms with E-state index in [1.165, 1.54) is 20.0 Å². The summed E-state index contributed by atoms with van der Waals surface area (Å²) >= 11 is 6.32. The van der Waals surface area contributed by atoms with Crippen LogP contribution in [0.15, 0.2) is 53.3 Å². The maximum absolute atomic E-state index is 13.6. The van der Waals surface area contributed by atoms with Crippen molar-refractivity contribution in [2.45, 2.75) is 32.2 Å². The summed E-state index contributed by atoms with van der Waals surface area (Å²) in [6.07, 6.45) is -4.90. The van der Waals surface area contributed by atoms with Gasteiger partial charge >= 0.3 is 11.9 Å². The van der Waals surface area contributed by atoms with Gasteiger partial charge in [-0.1, -0.05) is 48.0 Å². The Morgan fingerprint density at radius 2 is 1.82 bits per heavy atom. The van der Waals surface area contributed by atoms with Crippen LogP contribution in [-0.2, 0) is 16.1 Å². The highest BCUT2D eigenvalue weighted by Crippen LogP contribution is 2.35. The molecule has 0 saturated carbocycles. The van der Waals surface area contributed by atoms with Gasteiger partial charge in [-0.25, -0.2) is 9.78 Å². The standard InChI is InChI=1S/C23H22ClF3N4O3/c1-4-34-22(2,23(25,26)27)20(32)31(3)13-14-10-11-17(24)16(12-14)19-28-18(29-21(33)30-19)15-8-6-5-7-9-15/h5-12H,4,13H2,1-3H3,(H,28,29,30,33)/t22-/m1/s1. The summed E-state index contributed by atoms with van der Waals surface area (Å²) in [5, 5.41) is 0.250. The fourth-order valence-electron chi connectivity index (χ4n) is 3.34. The second kappa shape index (κ2) is 9.94. The molecular weight excluding hydrogens is 473 g/mol. The maximum Gasteiger partial charge on any atom is 0.426 e. The molecule has 0 bridgehead atoms. The number of aromatic amines is 1. The van der Waals surface area contributed by atoms with Crippen molar-refractivity contribution < 1.29 is 22.7 Å². The van der Waals surface area contributed by atoms with Crippen molar-refractivity contribution >= 4 is 17.5 Å². The normalized spacial score (nSPS) is 13.4. The molecule has 0 aliphatic heterocycles. The first kappa shape index (κ1) is 25.4. The molecule has 0 unspecified atom stereocenters. The van der Waals surface area contributed by atoms with E-state index in [-0.39, 0.29) is 29.8 Å². The van der Waals surface area contributed by atoms with Gasteiger partial charge in [0.25, 0.3) is 5.91 Å². The lowest BCUT2D eigenvalue weighted by Gasteiger charge is -2.34. The Balaban J connectivity index is 1.94. The maximum atomic E-state index is 13.6. The molecule has 1 aromatic heterocycles. The van der Waals surface area contributed by atoms with Crippen LogP contribution in [0, 0.1) is 0 Å². The molecule has 1 amide bonds. The van der Waals surface area contributed by atoms with Gasteiger partial charge < -0.3 is 9.64 Å². The quantitative estimate of drug-likeness (QED) is 0.523. The van der Waals surface area contributed by atoms with Crippen molar-refractivity contribution in [1.29, 1.82) is 0 Å². The number of likely N-dealkylation sites (N-methyl/N-ethyl adjacent to an activating group) is 1. The van der Waals surface area contributed by atoms with Gasteiger partial charge in [-0.3, -0.25) is 9.78 Å². The summed E-state index contributed by atoms with van der Waals surface area (Å²) < 4.78 is 45.5. The molecule has 1 heterocycles. The number of nitrogens with zero attached hydrogens (tertiary/aromatic N) is 3. The fourth-order valence-corrected chi connectivity index (χ4v) is 3.55. The van der Waals surface area contributed by atoms with E-state index in [4.69, 9.17) is 16.3 Å². The minimum absolute atomic E-state index is 0.133.